The zero-order valence-electron chi connectivity index (χ0n) is 10.5. The molecule has 3 heteroatoms. The molecule has 2 aliphatic rings. The SMILES string of the molecule is Fc1cc(Br)ccc1CC1(CNC2CC2)CCC1. The first kappa shape index (κ1) is 12.6. The molecule has 1 nitrogen and oxygen atoms in total. The lowest BCUT2D eigenvalue weighted by Gasteiger charge is -2.42. The summed E-state index contributed by atoms with van der Waals surface area (Å²) in [6, 6.07) is 6.20. The molecule has 18 heavy (non-hydrogen) atoms. The number of halogens is 2. The number of rotatable bonds is 5. The number of benzene rings is 1. The molecule has 1 aromatic carbocycles. The summed E-state index contributed by atoms with van der Waals surface area (Å²) in [5.41, 5.74) is 1.19. The highest BCUT2D eigenvalue weighted by Gasteiger charge is 2.38. The van der Waals surface area contributed by atoms with Crippen LogP contribution in [-0.4, -0.2) is 12.6 Å². The summed E-state index contributed by atoms with van der Waals surface area (Å²) in [5, 5.41) is 3.62. The van der Waals surface area contributed by atoms with E-state index in [2.05, 4.69) is 21.2 Å². The van der Waals surface area contributed by atoms with Crippen molar-refractivity contribution < 1.29 is 4.39 Å². The van der Waals surface area contributed by atoms with E-state index in [1.807, 2.05) is 12.1 Å². The van der Waals surface area contributed by atoms with Crippen molar-refractivity contribution in [3.63, 3.8) is 0 Å². The maximum absolute atomic E-state index is 13.9. The third kappa shape index (κ3) is 2.77. The second-order valence-corrected chi connectivity index (χ2v) is 6.84. The van der Waals surface area contributed by atoms with Gasteiger partial charge in [0.15, 0.2) is 0 Å². The van der Waals surface area contributed by atoms with Crippen LogP contribution >= 0.6 is 15.9 Å². The molecule has 98 valence electrons. The van der Waals surface area contributed by atoms with Gasteiger partial charge in [-0.2, -0.15) is 0 Å². The molecule has 1 N–H and O–H groups in total. The second kappa shape index (κ2) is 4.93. The molecule has 0 aliphatic heterocycles. The first-order chi connectivity index (χ1) is 8.67. The Morgan fingerprint density at radius 2 is 2.11 bits per heavy atom. The largest absolute Gasteiger partial charge is 0.313 e. The van der Waals surface area contributed by atoms with E-state index < -0.39 is 0 Å². The fourth-order valence-electron chi connectivity index (χ4n) is 2.81. The maximum Gasteiger partial charge on any atom is 0.127 e. The standard InChI is InChI=1S/C15H19BrFN/c16-12-3-2-11(14(17)8-12)9-15(6-1-7-15)10-18-13-4-5-13/h2-3,8,13,18H,1,4-7,9-10H2. The van der Waals surface area contributed by atoms with Crippen LogP contribution in [0.4, 0.5) is 4.39 Å². The van der Waals surface area contributed by atoms with Crippen molar-refractivity contribution in [2.75, 3.05) is 6.54 Å². The molecule has 0 heterocycles. The fourth-order valence-corrected chi connectivity index (χ4v) is 3.14. The quantitative estimate of drug-likeness (QED) is 0.865. The molecule has 0 unspecified atom stereocenters. The van der Waals surface area contributed by atoms with Crippen LogP contribution in [0.2, 0.25) is 0 Å². The molecular formula is C15H19BrFN. The van der Waals surface area contributed by atoms with Gasteiger partial charge in [0.2, 0.25) is 0 Å². The van der Waals surface area contributed by atoms with Gasteiger partial charge in [0.1, 0.15) is 5.82 Å². The van der Waals surface area contributed by atoms with Crippen molar-refractivity contribution in [1.82, 2.24) is 5.32 Å². The Kier molecular flexibility index (Phi) is 3.46. The Labute approximate surface area is 116 Å². The van der Waals surface area contributed by atoms with Crippen LogP contribution in [0, 0.1) is 11.2 Å². The molecule has 0 bridgehead atoms. The Bertz CT molecular complexity index is 438. The molecule has 0 amide bonds. The van der Waals surface area contributed by atoms with Crippen LogP contribution in [0.15, 0.2) is 22.7 Å². The minimum atomic E-state index is -0.0675. The average Bonchev–Trinajstić information content (AvgIpc) is 3.08. The lowest BCUT2D eigenvalue weighted by atomic mass is 9.65. The van der Waals surface area contributed by atoms with E-state index in [0.717, 1.165) is 29.0 Å². The van der Waals surface area contributed by atoms with Crippen LogP contribution < -0.4 is 5.32 Å². The molecule has 0 radical (unpaired) electrons. The summed E-state index contributed by atoms with van der Waals surface area (Å²) in [7, 11) is 0. The topological polar surface area (TPSA) is 12.0 Å². The van der Waals surface area contributed by atoms with E-state index in [4.69, 9.17) is 0 Å². The summed E-state index contributed by atoms with van der Waals surface area (Å²) in [6.45, 7) is 1.06. The highest BCUT2D eigenvalue weighted by molar-refractivity contribution is 9.10. The summed E-state index contributed by atoms with van der Waals surface area (Å²) in [6.07, 6.45) is 7.30. The molecule has 0 saturated heterocycles. The second-order valence-electron chi connectivity index (χ2n) is 5.92. The van der Waals surface area contributed by atoms with Crippen molar-refractivity contribution >= 4 is 15.9 Å². The highest BCUT2D eigenvalue weighted by Crippen LogP contribution is 2.44. The predicted octanol–water partition coefficient (Wildman–Crippen LogP) is 4.05. The fraction of sp³-hybridized carbons (Fsp3) is 0.600. The molecule has 0 atom stereocenters. The first-order valence-corrected chi connectivity index (χ1v) is 7.64. The molecule has 2 aliphatic carbocycles. The number of nitrogens with one attached hydrogen (secondary N) is 1. The van der Waals surface area contributed by atoms with Gasteiger partial charge in [0.25, 0.3) is 0 Å². The zero-order valence-corrected chi connectivity index (χ0v) is 12.1. The van der Waals surface area contributed by atoms with Crippen molar-refractivity contribution in [3.8, 4) is 0 Å². The molecule has 2 fully saturated rings. The Hall–Kier alpha value is -0.410. The monoisotopic (exact) mass is 311 g/mol. The van der Waals surface area contributed by atoms with E-state index in [1.165, 1.54) is 32.1 Å². The lowest BCUT2D eigenvalue weighted by molar-refractivity contribution is 0.128. The number of hydrogen-bond donors (Lipinski definition) is 1. The van der Waals surface area contributed by atoms with Crippen LogP contribution in [-0.2, 0) is 6.42 Å². The van der Waals surface area contributed by atoms with E-state index in [1.54, 1.807) is 6.07 Å². The van der Waals surface area contributed by atoms with Gasteiger partial charge < -0.3 is 5.32 Å². The van der Waals surface area contributed by atoms with Crippen molar-refractivity contribution in [1.29, 1.82) is 0 Å². The smallest absolute Gasteiger partial charge is 0.127 e. The zero-order chi connectivity index (χ0) is 12.6. The van der Waals surface area contributed by atoms with Gasteiger partial charge in [0.05, 0.1) is 0 Å². The molecule has 2 saturated carbocycles. The van der Waals surface area contributed by atoms with Crippen molar-refractivity contribution in [2.45, 2.75) is 44.6 Å². The van der Waals surface area contributed by atoms with Gasteiger partial charge in [-0.05, 0) is 55.2 Å². The third-order valence-electron chi connectivity index (χ3n) is 4.34. The maximum atomic E-state index is 13.9. The molecule has 0 aromatic heterocycles. The van der Waals surface area contributed by atoms with Crippen LogP contribution in [0.3, 0.4) is 0 Å². The van der Waals surface area contributed by atoms with Crippen molar-refractivity contribution in [3.05, 3.63) is 34.1 Å². The minimum absolute atomic E-state index is 0.0675. The van der Waals surface area contributed by atoms with E-state index in [9.17, 15) is 4.39 Å². The van der Waals surface area contributed by atoms with E-state index in [0.29, 0.717) is 5.41 Å². The summed E-state index contributed by atoms with van der Waals surface area (Å²) in [4.78, 5) is 0. The Balaban J connectivity index is 1.68. The third-order valence-corrected chi connectivity index (χ3v) is 4.83. The van der Waals surface area contributed by atoms with Gasteiger partial charge in [-0.1, -0.05) is 28.4 Å². The van der Waals surface area contributed by atoms with Crippen LogP contribution in [0.5, 0.6) is 0 Å². The molecule has 3 rings (SSSR count). The van der Waals surface area contributed by atoms with E-state index in [-0.39, 0.29) is 5.82 Å². The van der Waals surface area contributed by atoms with Gasteiger partial charge in [-0.3, -0.25) is 0 Å². The molecule has 1 aromatic rings. The average molecular weight is 312 g/mol. The minimum Gasteiger partial charge on any atom is -0.313 e. The first-order valence-electron chi connectivity index (χ1n) is 6.84. The summed E-state index contributed by atoms with van der Waals surface area (Å²) in [5.74, 6) is -0.0675. The lowest BCUT2D eigenvalue weighted by Crippen LogP contribution is -2.42. The number of hydrogen-bond acceptors (Lipinski definition) is 1. The van der Waals surface area contributed by atoms with Crippen LogP contribution in [0.25, 0.3) is 0 Å². The van der Waals surface area contributed by atoms with Crippen LogP contribution in [0.1, 0.15) is 37.7 Å². The van der Waals surface area contributed by atoms with Crippen molar-refractivity contribution in [2.24, 2.45) is 5.41 Å². The van der Waals surface area contributed by atoms with Gasteiger partial charge in [0, 0.05) is 17.1 Å². The Morgan fingerprint density at radius 1 is 1.33 bits per heavy atom. The van der Waals surface area contributed by atoms with Gasteiger partial charge in [-0.25, -0.2) is 4.39 Å². The molecule has 0 spiro atoms. The summed E-state index contributed by atoms with van der Waals surface area (Å²) >= 11 is 3.31. The van der Waals surface area contributed by atoms with Gasteiger partial charge >= 0.3 is 0 Å². The highest BCUT2D eigenvalue weighted by atomic mass is 79.9. The Morgan fingerprint density at radius 3 is 2.67 bits per heavy atom. The normalized spacial score (nSPS) is 21.7. The van der Waals surface area contributed by atoms with E-state index >= 15 is 0 Å². The summed E-state index contributed by atoms with van der Waals surface area (Å²) < 4.78 is 14.7. The predicted molar refractivity (Wildman–Crippen MR) is 75.1 cm³/mol. The molecular weight excluding hydrogens is 293 g/mol. The van der Waals surface area contributed by atoms with Gasteiger partial charge in [-0.15, -0.1) is 0 Å².